The van der Waals surface area contributed by atoms with E-state index in [-0.39, 0.29) is 31.4 Å². The van der Waals surface area contributed by atoms with Crippen LogP contribution in [0, 0.1) is 11.3 Å². The molecule has 4 fully saturated rings. The maximum atomic E-state index is 14.4. The summed E-state index contributed by atoms with van der Waals surface area (Å²) in [6.07, 6.45) is 6.59. The second kappa shape index (κ2) is 14.9. The van der Waals surface area contributed by atoms with Gasteiger partial charge in [-0.3, -0.25) is 19.1 Å². The van der Waals surface area contributed by atoms with Crippen molar-refractivity contribution in [1.82, 2.24) is 20.3 Å². The zero-order valence-corrected chi connectivity index (χ0v) is 30.8. The van der Waals surface area contributed by atoms with Gasteiger partial charge in [-0.2, -0.15) is 0 Å². The quantitative estimate of drug-likeness (QED) is 0.155. The third kappa shape index (κ3) is 8.43. The number of ether oxygens (including phenoxy) is 1. The van der Waals surface area contributed by atoms with Crippen LogP contribution in [-0.2, 0) is 34.0 Å². The van der Waals surface area contributed by atoms with Gasteiger partial charge in [-0.15, -0.1) is 6.58 Å². The summed E-state index contributed by atoms with van der Waals surface area (Å²) in [6.45, 7) is 9.15. The number of nitrogens with zero attached hydrogens (tertiary/aromatic N) is 2. The zero-order chi connectivity index (χ0) is 37.3. The van der Waals surface area contributed by atoms with Gasteiger partial charge in [0, 0.05) is 6.42 Å². The Morgan fingerprint density at radius 1 is 1.04 bits per heavy atom. The summed E-state index contributed by atoms with van der Waals surface area (Å²) in [6, 6.07) is 11.6. The van der Waals surface area contributed by atoms with E-state index in [4.69, 9.17) is 9.57 Å². The van der Waals surface area contributed by atoms with Crippen molar-refractivity contribution in [3.63, 3.8) is 0 Å². The topological polar surface area (TPSA) is 173 Å². The number of nitrogens with one attached hydrogen (secondary N) is 3. The molecule has 4 amide bonds. The molecule has 14 heteroatoms. The number of hydrogen-bond donors (Lipinski definition) is 3. The number of alkyl carbamates (subject to hydrolysis) is 1. The van der Waals surface area contributed by atoms with Crippen LogP contribution >= 0.6 is 0 Å². The van der Waals surface area contributed by atoms with E-state index >= 15 is 0 Å². The van der Waals surface area contributed by atoms with Gasteiger partial charge in [0.1, 0.15) is 29.8 Å². The van der Waals surface area contributed by atoms with Crippen LogP contribution in [0.4, 0.5) is 4.79 Å². The van der Waals surface area contributed by atoms with Crippen molar-refractivity contribution in [3.05, 3.63) is 60.7 Å². The first-order valence-corrected chi connectivity index (χ1v) is 19.7. The Balaban J connectivity index is 1.22. The first-order chi connectivity index (χ1) is 24.7. The lowest BCUT2D eigenvalue weighted by Gasteiger charge is -2.35. The van der Waals surface area contributed by atoms with Gasteiger partial charge in [0.25, 0.3) is 5.91 Å². The van der Waals surface area contributed by atoms with Gasteiger partial charge in [0.15, 0.2) is 0 Å². The highest BCUT2D eigenvalue weighted by Crippen LogP contribution is 2.47. The lowest BCUT2D eigenvalue weighted by atomic mass is 9.85. The van der Waals surface area contributed by atoms with E-state index < -0.39 is 68.2 Å². The molecule has 13 nitrogen and oxygen atoms in total. The minimum Gasteiger partial charge on any atom is -0.446 e. The summed E-state index contributed by atoms with van der Waals surface area (Å²) in [4.78, 5) is 62.4. The molecule has 2 aromatic rings. The molecule has 6 rings (SSSR count). The lowest BCUT2D eigenvalue weighted by molar-refractivity contribution is -0.143. The molecule has 52 heavy (non-hydrogen) atoms. The van der Waals surface area contributed by atoms with Crippen molar-refractivity contribution in [2.24, 2.45) is 16.5 Å². The molecular weight excluding hydrogens is 687 g/mol. The monoisotopic (exact) mass is 735 g/mol. The molecule has 280 valence electrons. The smallest absolute Gasteiger partial charge is 0.408 e. The predicted molar refractivity (Wildman–Crippen MR) is 196 cm³/mol. The number of sulfonamides is 1. The molecule has 3 N–H and O–H groups in total. The van der Waals surface area contributed by atoms with Gasteiger partial charge < -0.3 is 25.1 Å². The fourth-order valence-electron chi connectivity index (χ4n) is 7.24. The molecule has 1 heterocycles. The van der Waals surface area contributed by atoms with Gasteiger partial charge in [0.05, 0.1) is 18.0 Å². The van der Waals surface area contributed by atoms with E-state index in [1.54, 1.807) is 12.3 Å². The van der Waals surface area contributed by atoms with Crippen molar-refractivity contribution in [2.45, 2.75) is 114 Å². The maximum absolute atomic E-state index is 14.4. The Kier molecular flexibility index (Phi) is 10.7. The van der Waals surface area contributed by atoms with E-state index in [1.807, 2.05) is 63.2 Å². The number of carbonyl (C=O) groups is 4. The van der Waals surface area contributed by atoms with Crippen LogP contribution in [0.3, 0.4) is 0 Å². The van der Waals surface area contributed by atoms with Crippen LogP contribution in [0.5, 0.6) is 0 Å². The largest absolute Gasteiger partial charge is 0.446 e. The number of hydrogen-bond acceptors (Lipinski definition) is 9. The summed E-state index contributed by atoms with van der Waals surface area (Å²) >= 11 is 0. The minimum atomic E-state index is -3.88. The first kappa shape index (κ1) is 37.3. The van der Waals surface area contributed by atoms with E-state index in [9.17, 15) is 27.6 Å². The molecule has 1 aliphatic heterocycles. The number of rotatable bonds is 13. The Morgan fingerprint density at radius 3 is 2.42 bits per heavy atom. The van der Waals surface area contributed by atoms with E-state index in [2.05, 4.69) is 27.1 Å². The molecule has 5 atom stereocenters. The van der Waals surface area contributed by atoms with Crippen molar-refractivity contribution in [3.8, 4) is 0 Å². The fourth-order valence-corrected chi connectivity index (χ4v) is 8.61. The van der Waals surface area contributed by atoms with Crippen LogP contribution in [0.2, 0.25) is 0 Å². The lowest BCUT2D eigenvalue weighted by Crippen LogP contribution is -2.60. The number of benzene rings is 2. The number of amides is 4. The van der Waals surface area contributed by atoms with Gasteiger partial charge in [0.2, 0.25) is 21.8 Å². The molecule has 1 saturated heterocycles. The van der Waals surface area contributed by atoms with Gasteiger partial charge in [-0.25, -0.2) is 13.2 Å². The summed E-state index contributed by atoms with van der Waals surface area (Å²) in [7, 11) is -3.88. The predicted octanol–water partition coefficient (Wildman–Crippen LogP) is 4.30. The standard InChI is InChI=1S/C38H49N5O8S/c1-5-10-27-21-38(27,35(46)42-52(48,49)30-17-18-30)41-33(44)31-20-29(51-39-22-24-15-16-25-11-6-7-12-26(25)19-24)23-43(31)34(45)32(37(2,3)4)40-36(47)50-28-13-8-9-14-28/h5-7,11-12,15-16,19,22,27-32H,1,8-10,13-14,17-18,20-21,23H2,2-4H3,(H,40,47)(H,41,44)(H,42,46)/b39-22+/t27-,29-,31+,32-,38-/m1/s1. The van der Waals surface area contributed by atoms with Crippen LogP contribution in [0.15, 0.2) is 60.3 Å². The highest BCUT2D eigenvalue weighted by Gasteiger charge is 2.62. The summed E-state index contributed by atoms with van der Waals surface area (Å²) < 4.78 is 33.2. The maximum Gasteiger partial charge on any atom is 0.408 e. The molecule has 0 aromatic heterocycles. The highest BCUT2D eigenvalue weighted by molar-refractivity contribution is 7.91. The Morgan fingerprint density at radius 2 is 1.75 bits per heavy atom. The molecule has 0 radical (unpaired) electrons. The van der Waals surface area contributed by atoms with Crippen LogP contribution in [-0.4, -0.2) is 85.0 Å². The summed E-state index contributed by atoms with van der Waals surface area (Å²) in [5.74, 6) is -2.33. The van der Waals surface area contributed by atoms with Gasteiger partial charge >= 0.3 is 6.09 Å². The van der Waals surface area contributed by atoms with Gasteiger partial charge in [-0.1, -0.05) is 68.4 Å². The third-order valence-electron chi connectivity index (χ3n) is 10.5. The minimum absolute atomic E-state index is 0.0245. The molecule has 0 bridgehead atoms. The van der Waals surface area contributed by atoms with Gasteiger partial charge in [-0.05, 0) is 85.1 Å². The SMILES string of the molecule is C=CC[C@@H]1C[C@]1(NC(=O)[C@@H]1C[C@@H](O/N=C/c2ccc3ccccc3c2)CN1C(=O)[C@@H](NC(=O)OC1CCCC1)C(C)(C)C)C(=O)NS(=O)(=O)C1CC1. The number of allylic oxidation sites excluding steroid dienone is 1. The molecule has 0 unspecified atom stereocenters. The molecule has 2 aromatic carbocycles. The van der Waals surface area contributed by atoms with Crippen molar-refractivity contribution >= 4 is 50.8 Å². The number of oxime groups is 1. The van der Waals surface area contributed by atoms with E-state index in [1.165, 1.54) is 4.90 Å². The van der Waals surface area contributed by atoms with Crippen LogP contribution in [0.1, 0.15) is 84.1 Å². The average molecular weight is 736 g/mol. The molecule has 3 aliphatic carbocycles. The molecule has 3 saturated carbocycles. The fraction of sp³-hybridized carbons (Fsp3) is 0.553. The second-order valence-electron chi connectivity index (χ2n) is 15.6. The molecular formula is C38H49N5O8S. The van der Waals surface area contributed by atoms with Crippen LogP contribution < -0.4 is 15.4 Å². The van der Waals surface area contributed by atoms with E-state index in [0.29, 0.717) is 19.3 Å². The summed E-state index contributed by atoms with van der Waals surface area (Å²) in [5, 5.41) is 11.3. The van der Waals surface area contributed by atoms with Crippen LogP contribution in [0.25, 0.3) is 10.8 Å². The highest BCUT2D eigenvalue weighted by atomic mass is 32.2. The Bertz CT molecular complexity index is 1850. The summed E-state index contributed by atoms with van der Waals surface area (Å²) in [5.41, 5.74) is -1.46. The zero-order valence-electron chi connectivity index (χ0n) is 30.0. The average Bonchev–Trinajstić information content (AvgIpc) is 3.96. The second-order valence-corrected chi connectivity index (χ2v) is 17.6. The van der Waals surface area contributed by atoms with E-state index in [0.717, 1.165) is 42.0 Å². The normalized spacial score (nSPS) is 25.4. The van der Waals surface area contributed by atoms with Crippen molar-refractivity contribution in [1.29, 1.82) is 0 Å². The van der Waals surface area contributed by atoms with Crippen molar-refractivity contribution in [2.75, 3.05) is 6.54 Å². The van der Waals surface area contributed by atoms with Crippen molar-refractivity contribution < 1.29 is 37.2 Å². The Labute approximate surface area is 305 Å². The third-order valence-corrected chi connectivity index (χ3v) is 12.3. The number of carbonyl (C=O) groups excluding carboxylic acids is 4. The molecule has 0 spiro atoms. The number of fused-ring (bicyclic) bond motifs is 1. The first-order valence-electron chi connectivity index (χ1n) is 18.1. The molecule has 4 aliphatic rings. The number of likely N-dealkylation sites (tertiary alicyclic amines) is 1. The Hall–Kier alpha value is -4.46.